The Labute approximate surface area is 212 Å². The maximum atomic E-state index is 13.0. The summed E-state index contributed by atoms with van der Waals surface area (Å²) in [5.41, 5.74) is 0.811. The molecule has 0 radical (unpaired) electrons. The van der Waals surface area contributed by atoms with Gasteiger partial charge in [-0.3, -0.25) is 15.1 Å². The standard InChI is InChI=1S/C26H38N4O4S/c1-6-7-8-9-10-11-15-28-25(33)30-23-20(24(32)34-26(3,4)5)18(2)21(35-23)22(31)29-17-19-13-12-14-27-16-19/h12-14,16H,6-11,15,17H2,1-5H3,(H,29,31)(H2,28,30,33). The third-order valence-electron chi connectivity index (χ3n) is 5.17. The van der Waals surface area contributed by atoms with E-state index in [1.54, 1.807) is 46.2 Å². The van der Waals surface area contributed by atoms with Crippen LogP contribution in [-0.2, 0) is 11.3 Å². The summed E-state index contributed by atoms with van der Waals surface area (Å²) in [5.74, 6) is -0.912. The SMILES string of the molecule is CCCCCCCCNC(=O)Nc1sc(C(=O)NCc2cccnc2)c(C)c1C(=O)OC(C)(C)C. The Morgan fingerprint density at radius 1 is 1.06 bits per heavy atom. The monoisotopic (exact) mass is 502 g/mol. The molecule has 2 aromatic rings. The van der Waals surface area contributed by atoms with Crippen molar-refractivity contribution in [2.45, 2.75) is 85.3 Å². The lowest BCUT2D eigenvalue weighted by molar-refractivity contribution is 0.00705. The second-order valence-electron chi connectivity index (χ2n) is 9.45. The van der Waals surface area contributed by atoms with E-state index in [9.17, 15) is 14.4 Å². The molecule has 0 fully saturated rings. The zero-order valence-corrected chi connectivity index (χ0v) is 22.3. The normalized spacial score (nSPS) is 11.1. The summed E-state index contributed by atoms with van der Waals surface area (Å²) in [5, 5.41) is 8.74. The van der Waals surface area contributed by atoms with Crippen LogP contribution in [0.5, 0.6) is 0 Å². The minimum absolute atomic E-state index is 0.200. The number of pyridine rings is 1. The van der Waals surface area contributed by atoms with Crippen molar-refractivity contribution in [2.75, 3.05) is 11.9 Å². The molecule has 0 atom stereocenters. The van der Waals surface area contributed by atoms with E-state index in [2.05, 4.69) is 27.9 Å². The number of anilines is 1. The summed E-state index contributed by atoms with van der Waals surface area (Å²) < 4.78 is 5.55. The smallest absolute Gasteiger partial charge is 0.341 e. The molecule has 0 aliphatic heterocycles. The molecule has 0 spiro atoms. The van der Waals surface area contributed by atoms with Gasteiger partial charge in [0.05, 0.1) is 10.4 Å². The molecular weight excluding hydrogens is 464 g/mol. The highest BCUT2D eigenvalue weighted by Gasteiger charge is 2.29. The van der Waals surface area contributed by atoms with Gasteiger partial charge in [0.25, 0.3) is 5.91 Å². The molecule has 2 heterocycles. The summed E-state index contributed by atoms with van der Waals surface area (Å²) in [4.78, 5) is 42.8. The fourth-order valence-corrected chi connectivity index (χ4v) is 4.52. The van der Waals surface area contributed by atoms with Gasteiger partial charge in [-0.15, -0.1) is 11.3 Å². The number of rotatable bonds is 12. The lowest BCUT2D eigenvalue weighted by Gasteiger charge is -2.20. The number of unbranched alkanes of at least 4 members (excludes halogenated alkanes) is 5. The number of aromatic nitrogens is 1. The zero-order chi connectivity index (χ0) is 25.8. The van der Waals surface area contributed by atoms with E-state index in [-0.39, 0.29) is 11.5 Å². The van der Waals surface area contributed by atoms with E-state index in [4.69, 9.17) is 4.74 Å². The van der Waals surface area contributed by atoms with Gasteiger partial charge in [-0.1, -0.05) is 45.1 Å². The van der Waals surface area contributed by atoms with Crippen LogP contribution in [0, 0.1) is 6.92 Å². The maximum Gasteiger partial charge on any atom is 0.341 e. The molecule has 2 aromatic heterocycles. The Morgan fingerprint density at radius 3 is 2.43 bits per heavy atom. The van der Waals surface area contributed by atoms with E-state index in [1.165, 1.54) is 19.3 Å². The van der Waals surface area contributed by atoms with Crippen LogP contribution in [0.4, 0.5) is 9.80 Å². The molecule has 0 saturated carbocycles. The van der Waals surface area contributed by atoms with Crippen LogP contribution < -0.4 is 16.0 Å². The molecule has 0 aromatic carbocycles. The summed E-state index contributed by atoms with van der Waals surface area (Å²) in [6, 6.07) is 3.25. The van der Waals surface area contributed by atoms with E-state index in [0.717, 1.165) is 36.2 Å². The Balaban J connectivity index is 2.10. The Morgan fingerprint density at radius 2 is 1.77 bits per heavy atom. The molecule has 0 bridgehead atoms. The third-order valence-corrected chi connectivity index (χ3v) is 6.38. The van der Waals surface area contributed by atoms with Gasteiger partial charge in [-0.25, -0.2) is 9.59 Å². The van der Waals surface area contributed by atoms with E-state index >= 15 is 0 Å². The van der Waals surface area contributed by atoms with Gasteiger partial charge < -0.3 is 15.4 Å². The van der Waals surface area contributed by atoms with Gasteiger partial charge >= 0.3 is 12.0 Å². The number of esters is 1. The average molecular weight is 503 g/mol. The Hall–Kier alpha value is -2.94. The number of nitrogens with one attached hydrogen (secondary N) is 3. The number of urea groups is 1. The highest BCUT2D eigenvalue weighted by atomic mass is 32.1. The fraction of sp³-hybridized carbons (Fsp3) is 0.538. The largest absolute Gasteiger partial charge is 0.456 e. The topological polar surface area (TPSA) is 109 Å². The molecule has 0 unspecified atom stereocenters. The van der Waals surface area contributed by atoms with Crippen LogP contribution in [0.25, 0.3) is 0 Å². The third kappa shape index (κ3) is 9.68. The predicted molar refractivity (Wildman–Crippen MR) is 140 cm³/mol. The number of hydrogen-bond donors (Lipinski definition) is 3. The van der Waals surface area contributed by atoms with Gasteiger partial charge in [0.2, 0.25) is 0 Å². The first kappa shape index (κ1) is 28.3. The van der Waals surface area contributed by atoms with Crippen molar-refractivity contribution in [1.82, 2.24) is 15.6 Å². The van der Waals surface area contributed by atoms with Crippen molar-refractivity contribution in [1.29, 1.82) is 0 Å². The van der Waals surface area contributed by atoms with Crippen molar-refractivity contribution >= 4 is 34.2 Å². The maximum absolute atomic E-state index is 13.0. The number of carbonyl (C=O) groups is 3. The Kier molecular flexibility index (Phi) is 11.2. The second-order valence-corrected chi connectivity index (χ2v) is 10.5. The molecular formula is C26H38N4O4S. The average Bonchev–Trinajstić information content (AvgIpc) is 3.12. The van der Waals surface area contributed by atoms with Crippen LogP contribution >= 0.6 is 11.3 Å². The lowest BCUT2D eigenvalue weighted by atomic mass is 10.1. The second kappa shape index (κ2) is 13.8. The summed E-state index contributed by atoms with van der Waals surface area (Å²) in [6.07, 6.45) is 10.1. The van der Waals surface area contributed by atoms with Crippen LogP contribution in [0.1, 0.15) is 97.4 Å². The summed E-state index contributed by atoms with van der Waals surface area (Å²) >= 11 is 1.06. The number of thiophene rings is 1. The van der Waals surface area contributed by atoms with E-state index < -0.39 is 17.6 Å². The van der Waals surface area contributed by atoms with Crippen LogP contribution in [0.3, 0.4) is 0 Å². The van der Waals surface area contributed by atoms with Crippen molar-refractivity contribution < 1.29 is 19.1 Å². The molecule has 35 heavy (non-hydrogen) atoms. The first-order valence-electron chi connectivity index (χ1n) is 12.2. The molecule has 0 aliphatic rings. The molecule has 8 nitrogen and oxygen atoms in total. The zero-order valence-electron chi connectivity index (χ0n) is 21.5. The molecule has 9 heteroatoms. The highest BCUT2D eigenvalue weighted by Crippen LogP contribution is 2.34. The molecule has 3 N–H and O–H groups in total. The number of hydrogen-bond acceptors (Lipinski definition) is 6. The molecule has 0 aliphatic carbocycles. The highest BCUT2D eigenvalue weighted by molar-refractivity contribution is 7.18. The summed E-state index contributed by atoms with van der Waals surface area (Å²) in [7, 11) is 0. The lowest BCUT2D eigenvalue weighted by Crippen LogP contribution is -2.30. The molecule has 3 amide bonds. The molecule has 2 rings (SSSR count). The molecule has 192 valence electrons. The van der Waals surface area contributed by atoms with Gasteiger partial charge in [-0.05, 0) is 51.3 Å². The van der Waals surface area contributed by atoms with Crippen molar-refractivity contribution in [3.05, 3.63) is 46.1 Å². The van der Waals surface area contributed by atoms with Crippen LogP contribution in [0.15, 0.2) is 24.5 Å². The minimum Gasteiger partial charge on any atom is -0.456 e. The predicted octanol–water partition coefficient (Wildman–Crippen LogP) is 5.82. The van der Waals surface area contributed by atoms with Gasteiger partial charge in [-0.2, -0.15) is 0 Å². The van der Waals surface area contributed by atoms with Crippen molar-refractivity contribution in [3.63, 3.8) is 0 Å². The number of ether oxygens (including phenoxy) is 1. The van der Waals surface area contributed by atoms with Gasteiger partial charge in [0, 0.05) is 25.5 Å². The fourth-order valence-electron chi connectivity index (χ4n) is 3.41. The first-order valence-corrected chi connectivity index (χ1v) is 13.0. The van der Waals surface area contributed by atoms with Gasteiger partial charge in [0.15, 0.2) is 0 Å². The van der Waals surface area contributed by atoms with Crippen LogP contribution in [-0.4, -0.2) is 35.0 Å². The van der Waals surface area contributed by atoms with Crippen molar-refractivity contribution in [2.24, 2.45) is 0 Å². The number of nitrogens with zero attached hydrogens (tertiary/aromatic N) is 1. The first-order chi connectivity index (χ1) is 16.6. The minimum atomic E-state index is -0.717. The van der Waals surface area contributed by atoms with Crippen LogP contribution in [0.2, 0.25) is 0 Å². The van der Waals surface area contributed by atoms with E-state index in [0.29, 0.717) is 28.5 Å². The Bertz CT molecular complexity index is 983. The summed E-state index contributed by atoms with van der Waals surface area (Å²) in [6.45, 7) is 10.0. The van der Waals surface area contributed by atoms with Gasteiger partial charge in [0.1, 0.15) is 10.6 Å². The number of amides is 3. The molecule has 0 saturated heterocycles. The van der Waals surface area contributed by atoms with E-state index in [1.807, 2.05) is 6.07 Å². The number of carbonyl (C=O) groups excluding carboxylic acids is 3. The van der Waals surface area contributed by atoms with Crippen molar-refractivity contribution in [3.8, 4) is 0 Å². The quantitative estimate of drug-likeness (QED) is 0.250.